The first-order valence-corrected chi connectivity index (χ1v) is 9.42. The van der Waals surface area contributed by atoms with Gasteiger partial charge in [-0.15, -0.1) is 0 Å². The highest BCUT2D eigenvalue weighted by Crippen LogP contribution is 2.24. The minimum absolute atomic E-state index is 0.0608. The number of H-pyrrole nitrogens is 1. The predicted molar refractivity (Wildman–Crippen MR) is 113 cm³/mol. The molecule has 0 aliphatic carbocycles. The van der Waals surface area contributed by atoms with E-state index in [1.807, 2.05) is 18.2 Å². The number of nitrogens with zero attached hydrogens (tertiary/aromatic N) is 4. The van der Waals surface area contributed by atoms with Gasteiger partial charge in [0.1, 0.15) is 11.5 Å². The lowest BCUT2D eigenvalue weighted by Crippen LogP contribution is -2.22. The third-order valence-electron chi connectivity index (χ3n) is 4.77. The normalized spacial score (nSPS) is 11.4. The van der Waals surface area contributed by atoms with Crippen LogP contribution >= 0.6 is 12.2 Å². The first kappa shape index (κ1) is 19.6. The first-order chi connectivity index (χ1) is 14.4. The van der Waals surface area contributed by atoms with Crippen LogP contribution in [0.1, 0.15) is 32.9 Å². The maximum atomic E-state index is 13.3. The van der Waals surface area contributed by atoms with E-state index in [-0.39, 0.29) is 16.2 Å². The number of carbonyl (C=O) groups is 1. The van der Waals surface area contributed by atoms with Crippen LogP contribution in [0.15, 0.2) is 58.6 Å². The van der Waals surface area contributed by atoms with Crippen LogP contribution in [0.25, 0.3) is 5.52 Å². The molecule has 0 fully saturated rings. The van der Waals surface area contributed by atoms with Crippen LogP contribution in [0.4, 0.5) is 4.39 Å². The van der Waals surface area contributed by atoms with Crippen LogP contribution in [0.3, 0.4) is 0 Å². The standard InChI is InChI=1S/C21H16FN5O2S/c1-12-16(11-23-27-20(29)13(2)24-25-21(27)30)17-5-3-4-10-26(17)18(12)19(28)14-6-8-15(22)9-7-14/h3-11H,1-2H3,(H,25,30)/b23-11+. The van der Waals surface area contributed by atoms with Crippen LogP contribution < -0.4 is 5.56 Å². The largest absolute Gasteiger partial charge is 0.313 e. The molecule has 3 aromatic heterocycles. The molecule has 0 spiro atoms. The molecule has 0 unspecified atom stereocenters. The highest BCUT2D eigenvalue weighted by atomic mass is 32.1. The number of nitrogens with one attached hydrogen (secondary N) is 1. The fourth-order valence-corrected chi connectivity index (χ4v) is 3.41. The number of aryl methyl sites for hydroxylation is 1. The number of aromatic nitrogens is 4. The smallest absolute Gasteiger partial charge is 0.296 e. The van der Waals surface area contributed by atoms with E-state index in [0.29, 0.717) is 22.4 Å². The van der Waals surface area contributed by atoms with Gasteiger partial charge in [0.25, 0.3) is 5.56 Å². The van der Waals surface area contributed by atoms with Crippen LogP contribution in [0.2, 0.25) is 0 Å². The van der Waals surface area contributed by atoms with Gasteiger partial charge in [0, 0.05) is 17.3 Å². The van der Waals surface area contributed by atoms with E-state index in [0.717, 1.165) is 10.2 Å². The molecule has 0 amide bonds. The number of carbonyl (C=O) groups excluding carboxylic acids is 1. The van der Waals surface area contributed by atoms with Crippen molar-refractivity contribution >= 4 is 29.7 Å². The Morgan fingerprint density at radius 3 is 2.67 bits per heavy atom. The monoisotopic (exact) mass is 421 g/mol. The molecule has 7 nitrogen and oxygen atoms in total. The van der Waals surface area contributed by atoms with Crippen LogP contribution in [0.5, 0.6) is 0 Å². The maximum Gasteiger partial charge on any atom is 0.296 e. The number of fused-ring (bicyclic) bond motifs is 1. The summed E-state index contributed by atoms with van der Waals surface area (Å²) in [5.41, 5.74) is 2.67. The minimum atomic E-state index is -0.432. The van der Waals surface area contributed by atoms with E-state index in [1.165, 1.54) is 30.5 Å². The van der Waals surface area contributed by atoms with E-state index < -0.39 is 11.4 Å². The summed E-state index contributed by atoms with van der Waals surface area (Å²) < 4.78 is 16.1. The molecule has 150 valence electrons. The van der Waals surface area contributed by atoms with Gasteiger partial charge in [-0.1, -0.05) is 6.07 Å². The topological polar surface area (TPSA) is 84.5 Å². The van der Waals surface area contributed by atoms with Crippen molar-refractivity contribution in [2.24, 2.45) is 5.10 Å². The Kier molecular flexibility index (Phi) is 4.96. The summed E-state index contributed by atoms with van der Waals surface area (Å²) in [5, 5.41) is 10.6. The maximum absolute atomic E-state index is 13.3. The Balaban J connectivity index is 1.89. The van der Waals surface area contributed by atoms with Crippen LogP contribution in [0, 0.1) is 24.4 Å². The molecule has 0 saturated carbocycles. The molecule has 0 radical (unpaired) electrons. The molecular weight excluding hydrogens is 405 g/mol. The number of aromatic amines is 1. The summed E-state index contributed by atoms with van der Waals surface area (Å²) in [6.45, 7) is 3.35. The van der Waals surface area contributed by atoms with Gasteiger partial charge in [-0.2, -0.15) is 14.9 Å². The number of benzene rings is 1. The van der Waals surface area contributed by atoms with Crippen molar-refractivity contribution in [1.82, 2.24) is 19.3 Å². The van der Waals surface area contributed by atoms with E-state index in [9.17, 15) is 14.0 Å². The average molecular weight is 421 g/mol. The number of pyridine rings is 1. The van der Waals surface area contributed by atoms with Gasteiger partial charge in [-0.05, 0) is 68.0 Å². The third kappa shape index (κ3) is 3.29. The summed E-state index contributed by atoms with van der Waals surface area (Å²) in [7, 11) is 0. The number of rotatable bonds is 4. The highest BCUT2D eigenvalue weighted by Gasteiger charge is 2.21. The molecule has 3 heterocycles. The molecule has 30 heavy (non-hydrogen) atoms. The lowest BCUT2D eigenvalue weighted by atomic mass is 10.0. The molecule has 4 rings (SSSR count). The lowest BCUT2D eigenvalue weighted by molar-refractivity contribution is 0.103. The second kappa shape index (κ2) is 7.60. The van der Waals surface area contributed by atoms with Crippen molar-refractivity contribution in [2.45, 2.75) is 13.8 Å². The first-order valence-electron chi connectivity index (χ1n) is 9.01. The van der Waals surface area contributed by atoms with Crippen LogP contribution in [-0.4, -0.2) is 31.3 Å². The van der Waals surface area contributed by atoms with Gasteiger partial charge in [-0.3, -0.25) is 14.7 Å². The lowest BCUT2D eigenvalue weighted by Gasteiger charge is -2.04. The van der Waals surface area contributed by atoms with Gasteiger partial charge in [0.15, 0.2) is 0 Å². The zero-order valence-electron chi connectivity index (χ0n) is 16.1. The number of hydrogen-bond donors (Lipinski definition) is 1. The summed E-state index contributed by atoms with van der Waals surface area (Å²) >= 11 is 5.11. The summed E-state index contributed by atoms with van der Waals surface area (Å²) in [4.78, 5) is 25.5. The van der Waals surface area contributed by atoms with Gasteiger partial charge >= 0.3 is 0 Å². The number of halogens is 1. The van der Waals surface area contributed by atoms with Gasteiger partial charge in [0.05, 0.1) is 17.4 Å². The molecule has 0 atom stereocenters. The molecular formula is C21H16FN5O2S. The summed E-state index contributed by atoms with van der Waals surface area (Å²) in [5.74, 6) is -0.659. The highest BCUT2D eigenvalue weighted by molar-refractivity contribution is 7.71. The Morgan fingerprint density at radius 2 is 1.93 bits per heavy atom. The third-order valence-corrected chi connectivity index (χ3v) is 5.04. The molecule has 0 aliphatic heterocycles. The zero-order chi connectivity index (χ0) is 21.4. The molecule has 4 aromatic rings. The fourth-order valence-electron chi connectivity index (χ4n) is 3.23. The van der Waals surface area contributed by atoms with Crippen LogP contribution in [-0.2, 0) is 0 Å². The quantitative estimate of drug-likeness (QED) is 0.311. The summed E-state index contributed by atoms with van der Waals surface area (Å²) in [6.07, 6.45) is 3.27. The van der Waals surface area contributed by atoms with Gasteiger partial charge in [-0.25, -0.2) is 4.39 Å². The molecule has 0 bridgehead atoms. The Hall–Kier alpha value is -3.72. The van der Waals surface area contributed by atoms with Crippen molar-refractivity contribution in [3.8, 4) is 0 Å². The Morgan fingerprint density at radius 1 is 1.20 bits per heavy atom. The van der Waals surface area contributed by atoms with E-state index in [1.54, 1.807) is 24.4 Å². The van der Waals surface area contributed by atoms with Gasteiger partial charge in [0.2, 0.25) is 10.6 Å². The van der Waals surface area contributed by atoms with Crippen molar-refractivity contribution in [3.63, 3.8) is 0 Å². The molecule has 0 saturated heterocycles. The predicted octanol–water partition coefficient (Wildman–Crippen LogP) is 3.42. The molecule has 0 aliphatic rings. The molecule has 1 N–H and O–H groups in total. The number of ketones is 1. The zero-order valence-corrected chi connectivity index (χ0v) is 16.9. The van der Waals surface area contributed by atoms with Gasteiger partial charge < -0.3 is 4.40 Å². The second-order valence-electron chi connectivity index (χ2n) is 6.65. The summed E-state index contributed by atoms with van der Waals surface area (Å²) in [6, 6.07) is 10.9. The molecule has 9 heteroatoms. The SMILES string of the molecule is Cc1c(/C=N/n2c(=S)[nH]nc(C)c2=O)c2ccccn2c1C(=O)c1ccc(F)cc1. The van der Waals surface area contributed by atoms with E-state index in [4.69, 9.17) is 12.2 Å². The van der Waals surface area contributed by atoms with Crippen molar-refractivity contribution in [1.29, 1.82) is 0 Å². The van der Waals surface area contributed by atoms with Crippen molar-refractivity contribution in [2.75, 3.05) is 0 Å². The van der Waals surface area contributed by atoms with E-state index >= 15 is 0 Å². The van der Waals surface area contributed by atoms with E-state index in [2.05, 4.69) is 15.3 Å². The fraction of sp³-hybridized carbons (Fsp3) is 0.0952. The van der Waals surface area contributed by atoms with Crippen molar-refractivity contribution in [3.05, 3.63) is 97.7 Å². The molecule has 1 aromatic carbocycles. The Bertz CT molecular complexity index is 1430. The Labute approximate surface area is 175 Å². The second-order valence-corrected chi connectivity index (χ2v) is 7.04. The number of hydrogen-bond acceptors (Lipinski definition) is 5. The minimum Gasteiger partial charge on any atom is -0.313 e. The average Bonchev–Trinajstić information content (AvgIpc) is 3.02. The van der Waals surface area contributed by atoms with Crippen molar-refractivity contribution < 1.29 is 9.18 Å².